The van der Waals surface area contributed by atoms with Crippen LogP contribution in [0.5, 0.6) is 0 Å². The van der Waals surface area contributed by atoms with Crippen LogP contribution in [-0.4, -0.2) is 15.6 Å². The van der Waals surface area contributed by atoms with Crippen LogP contribution in [0.1, 0.15) is 25.5 Å². The fourth-order valence-electron chi connectivity index (χ4n) is 2.21. The van der Waals surface area contributed by atoms with Gasteiger partial charge in [0.15, 0.2) is 0 Å². The first-order valence-corrected chi connectivity index (χ1v) is 7.09. The van der Waals surface area contributed by atoms with Crippen LogP contribution in [0.4, 0.5) is 4.39 Å². The smallest absolute Gasteiger partial charge is 0.142 e. The van der Waals surface area contributed by atoms with Gasteiger partial charge in [-0.15, -0.1) is 0 Å². The van der Waals surface area contributed by atoms with Gasteiger partial charge in [-0.3, -0.25) is 0 Å². The van der Waals surface area contributed by atoms with Crippen molar-refractivity contribution >= 4 is 23.2 Å². The Bertz CT molecular complexity index is 572. The number of rotatable bonds is 5. The number of nitrogens with one attached hydrogen (secondary N) is 1. The highest BCUT2D eigenvalue weighted by molar-refractivity contribution is 6.36. The second-order valence-corrected chi connectivity index (χ2v) is 5.59. The molecule has 1 aromatic carbocycles. The molecular weight excluding hydrogens is 300 g/mol. The fraction of sp³-hybridized carbons (Fsp3) is 0.357. The van der Waals surface area contributed by atoms with E-state index >= 15 is 0 Å². The minimum absolute atomic E-state index is 0.0762. The minimum atomic E-state index is -0.457. The summed E-state index contributed by atoms with van der Waals surface area (Å²) in [4.78, 5) is 4.00. The number of imidazole rings is 1. The van der Waals surface area contributed by atoms with Gasteiger partial charge in [0.1, 0.15) is 5.82 Å². The molecule has 2 aromatic rings. The molecule has 0 saturated heterocycles. The summed E-state index contributed by atoms with van der Waals surface area (Å²) >= 11 is 12.1. The summed E-state index contributed by atoms with van der Waals surface area (Å²) in [6.45, 7) is 4.71. The molecule has 2 atom stereocenters. The Hall–Kier alpha value is -1.10. The molecule has 1 aromatic heterocycles. The normalized spacial score (nSPS) is 14.2. The molecule has 0 aliphatic heterocycles. The molecule has 108 valence electrons. The predicted octanol–water partition coefficient (Wildman–Crippen LogP) is 4.07. The van der Waals surface area contributed by atoms with Crippen LogP contribution in [0.3, 0.4) is 0 Å². The summed E-state index contributed by atoms with van der Waals surface area (Å²) in [5, 5.41) is 3.90. The zero-order valence-corrected chi connectivity index (χ0v) is 12.8. The van der Waals surface area contributed by atoms with Crippen molar-refractivity contribution in [3.05, 3.63) is 52.3 Å². The second-order valence-electron chi connectivity index (χ2n) is 4.81. The van der Waals surface area contributed by atoms with E-state index in [1.165, 1.54) is 12.1 Å². The number of hydrogen-bond acceptors (Lipinski definition) is 2. The Morgan fingerprint density at radius 2 is 2.10 bits per heavy atom. The van der Waals surface area contributed by atoms with Crippen LogP contribution in [0.25, 0.3) is 0 Å². The number of hydrogen-bond donors (Lipinski definition) is 1. The maximum atomic E-state index is 13.5. The number of halogens is 3. The average Bonchev–Trinajstić information content (AvgIpc) is 2.87. The van der Waals surface area contributed by atoms with Gasteiger partial charge in [0, 0.05) is 41.6 Å². The van der Waals surface area contributed by atoms with Crippen molar-refractivity contribution in [2.24, 2.45) is 0 Å². The quantitative estimate of drug-likeness (QED) is 0.843. The number of benzene rings is 1. The molecule has 20 heavy (non-hydrogen) atoms. The topological polar surface area (TPSA) is 29.9 Å². The molecule has 6 heteroatoms. The van der Waals surface area contributed by atoms with Crippen molar-refractivity contribution < 1.29 is 4.39 Å². The molecule has 0 saturated carbocycles. The lowest BCUT2D eigenvalue weighted by Crippen LogP contribution is -2.32. The molecule has 0 aliphatic rings. The largest absolute Gasteiger partial charge is 0.336 e. The van der Waals surface area contributed by atoms with Gasteiger partial charge < -0.3 is 9.88 Å². The molecule has 0 radical (unpaired) electrons. The van der Waals surface area contributed by atoms with E-state index in [2.05, 4.69) is 10.3 Å². The zero-order valence-electron chi connectivity index (χ0n) is 11.3. The van der Waals surface area contributed by atoms with Crippen molar-refractivity contribution in [3.8, 4) is 0 Å². The molecule has 3 nitrogen and oxygen atoms in total. The van der Waals surface area contributed by atoms with Crippen molar-refractivity contribution in [2.45, 2.75) is 32.5 Å². The Kier molecular flexibility index (Phi) is 5.02. The Morgan fingerprint density at radius 1 is 1.35 bits per heavy atom. The molecule has 0 amide bonds. The maximum absolute atomic E-state index is 13.5. The third-order valence-corrected chi connectivity index (χ3v) is 3.80. The average molecular weight is 316 g/mol. The summed E-state index contributed by atoms with van der Waals surface area (Å²) in [6.07, 6.45) is 5.38. The second kappa shape index (κ2) is 6.57. The van der Waals surface area contributed by atoms with Crippen LogP contribution in [0.2, 0.25) is 10.0 Å². The summed E-state index contributed by atoms with van der Waals surface area (Å²) in [5.41, 5.74) is 0.589. The van der Waals surface area contributed by atoms with Gasteiger partial charge in [-0.1, -0.05) is 23.2 Å². The van der Waals surface area contributed by atoms with Gasteiger partial charge >= 0.3 is 0 Å². The first kappa shape index (κ1) is 15.3. The number of nitrogens with zero attached hydrogens (tertiary/aromatic N) is 2. The lowest BCUT2D eigenvalue weighted by atomic mass is 10.1. The standard InChI is InChI=1S/C14H16Cl2FN3/c1-9(7-20-6-5-18-8-20)19-10(2)13-11(15)3-4-12(17)14(13)16/h3-6,8-10,19H,7H2,1-2H3. The molecule has 0 aliphatic carbocycles. The minimum Gasteiger partial charge on any atom is -0.336 e. The van der Waals surface area contributed by atoms with Crippen LogP contribution in [-0.2, 0) is 6.54 Å². The summed E-state index contributed by atoms with van der Waals surface area (Å²) in [6, 6.07) is 2.81. The predicted molar refractivity (Wildman–Crippen MR) is 79.7 cm³/mol. The van der Waals surface area contributed by atoms with Crippen LogP contribution in [0, 0.1) is 5.82 Å². The highest BCUT2D eigenvalue weighted by Gasteiger charge is 2.18. The first-order valence-electron chi connectivity index (χ1n) is 6.34. The van der Waals surface area contributed by atoms with E-state index in [1.54, 1.807) is 12.5 Å². The number of aromatic nitrogens is 2. The summed E-state index contributed by atoms with van der Waals surface area (Å²) in [7, 11) is 0. The van der Waals surface area contributed by atoms with Crippen LogP contribution < -0.4 is 5.32 Å². The van der Waals surface area contributed by atoms with Crippen molar-refractivity contribution in [1.82, 2.24) is 14.9 Å². The molecular formula is C14H16Cl2FN3. The maximum Gasteiger partial charge on any atom is 0.142 e. The third kappa shape index (κ3) is 3.51. The summed E-state index contributed by atoms with van der Waals surface area (Å²) < 4.78 is 15.5. The van der Waals surface area contributed by atoms with E-state index in [-0.39, 0.29) is 17.1 Å². The lowest BCUT2D eigenvalue weighted by molar-refractivity contribution is 0.429. The fourth-order valence-corrected chi connectivity index (χ4v) is 2.91. The van der Waals surface area contributed by atoms with Gasteiger partial charge in [-0.2, -0.15) is 0 Å². The van der Waals surface area contributed by atoms with E-state index in [4.69, 9.17) is 23.2 Å². The van der Waals surface area contributed by atoms with Gasteiger partial charge in [0.05, 0.1) is 11.3 Å². The monoisotopic (exact) mass is 315 g/mol. The van der Waals surface area contributed by atoms with Crippen LogP contribution >= 0.6 is 23.2 Å². The van der Waals surface area contributed by atoms with Gasteiger partial charge in [-0.05, 0) is 26.0 Å². The van der Waals surface area contributed by atoms with E-state index in [9.17, 15) is 4.39 Å². The van der Waals surface area contributed by atoms with Gasteiger partial charge in [0.25, 0.3) is 0 Å². The SMILES string of the molecule is CC(Cn1ccnc1)NC(C)c1c(Cl)ccc(F)c1Cl. The molecule has 1 heterocycles. The van der Waals surface area contributed by atoms with Crippen LogP contribution in [0.15, 0.2) is 30.9 Å². The third-order valence-electron chi connectivity index (χ3n) is 3.09. The van der Waals surface area contributed by atoms with Crippen molar-refractivity contribution in [3.63, 3.8) is 0 Å². The first-order chi connectivity index (χ1) is 9.49. The van der Waals surface area contributed by atoms with Crippen molar-refractivity contribution in [1.29, 1.82) is 0 Å². The van der Waals surface area contributed by atoms with E-state index in [0.29, 0.717) is 10.6 Å². The van der Waals surface area contributed by atoms with E-state index in [1.807, 2.05) is 24.6 Å². The molecule has 0 bridgehead atoms. The zero-order chi connectivity index (χ0) is 14.7. The Morgan fingerprint density at radius 3 is 2.75 bits per heavy atom. The van der Waals surface area contributed by atoms with E-state index < -0.39 is 5.82 Å². The lowest BCUT2D eigenvalue weighted by Gasteiger charge is -2.22. The van der Waals surface area contributed by atoms with Crippen molar-refractivity contribution in [2.75, 3.05) is 0 Å². The highest BCUT2D eigenvalue weighted by atomic mass is 35.5. The molecule has 0 fully saturated rings. The Balaban J connectivity index is 2.08. The van der Waals surface area contributed by atoms with E-state index in [0.717, 1.165) is 6.54 Å². The molecule has 0 spiro atoms. The highest BCUT2D eigenvalue weighted by Crippen LogP contribution is 2.32. The molecule has 2 unspecified atom stereocenters. The Labute approximate surface area is 127 Å². The van der Waals surface area contributed by atoms with Gasteiger partial charge in [0.2, 0.25) is 0 Å². The molecule has 2 rings (SSSR count). The summed E-state index contributed by atoms with van der Waals surface area (Å²) in [5.74, 6) is -0.457. The molecule has 1 N–H and O–H groups in total. The van der Waals surface area contributed by atoms with Gasteiger partial charge in [-0.25, -0.2) is 9.37 Å².